The van der Waals surface area contributed by atoms with Crippen molar-refractivity contribution in [2.45, 2.75) is 25.3 Å². The fourth-order valence-corrected chi connectivity index (χ4v) is 3.87. The summed E-state index contributed by atoms with van der Waals surface area (Å²) in [6.07, 6.45) is 3.41. The highest BCUT2D eigenvalue weighted by atomic mass is 32.2. The van der Waals surface area contributed by atoms with E-state index in [1.54, 1.807) is 30.0 Å². The Kier molecular flexibility index (Phi) is 6.13. The van der Waals surface area contributed by atoms with E-state index in [9.17, 15) is 9.59 Å². The molecule has 0 aliphatic rings. The summed E-state index contributed by atoms with van der Waals surface area (Å²) in [5.74, 6) is 2.08. The van der Waals surface area contributed by atoms with Crippen LogP contribution in [0.25, 0.3) is 21.9 Å². The van der Waals surface area contributed by atoms with E-state index in [4.69, 9.17) is 0 Å². The quantitative estimate of drug-likeness (QED) is 0.405. The molecule has 2 heterocycles. The van der Waals surface area contributed by atoms with Crippen molar-refractivity contribution in [3.8, 4) is 0 Å². The fourth-order valence-electron chi connectivity index (χ4n) is 3.40. The number of hydrogen-bond acceptors (Lipinski definition) is 5. The van der Waals surface area contributed by atoms with Crippen molar-refractivity contribution in [3.05, 3.63) is 70.5 Å². The van der Waals surface area contributed by atoms with Crippen molar-refractivity contribution in [2.75, 3.05) is 12.0 Å². The molecule has 1 amide bonds. The topological polar surface area (TPSA) is 104 Å². The van der Waals surface area contributed by atoms with Crippen molar-refractivity contribution in [1.29, 1.82) is 0 Å². The first-order chi connectivity index (χ1) is 14.6. The lowest BCUT2D eigenvalue weighted by Crippen LogP contribution is -2.30. The number of fused-ring (bicyclic) bond motifs is 2. The molecule has 0 fully saturated rings. The Balaban J connectivity index is 1.45. The van der Waals surface area contributed by atoms with Crippen molar-refractivity contribution in [2.24, 2.45) is 0 Å². The third kappa shape index (κ3) is 4.54. The number of carbonyl (C=O) groups excluding carboxylic acids is 1. The Morgan fingerprint density at radius 3 is 2.63 bits per heavy atom. The number of nitrogens with one attached hydrogen (secondary N) is 3. The standard InChI is InChI=1S/C22H23N5O2S/c1-30-13-12-18(21-25-16-8-4-5-9-17(16)26-21)24-20(28)11-10-19-23-15-7-3-2-6-14(15)22(29)27-19/h2-9,18H,10-13H2,1H3,(H,24,28)(H,25,26)(H,23,27,29). The van der Waals surface area contributed by atoms with Gasteiger partial charge >= 0.3 is 0 Å². The summed E-state index contributed by atoms with van der Waals surface area (Å²) in [4.78, 5) is 40.0. The van der Waals surface area contributed by atoms with E-state index in [1.807, 2.05) is 36.6 Å². The zero-order valence-corrected chi connectivity index (χ0v) is 17.5. The Hall–Kier alpha value is -3.13. The van der Waals surface area contributed by atoms with E-state index < -0.39 is 0 Å². The minimum Gasteiger partial charge on any atom is -0.346 e. The second kappa shape index (κ2) is 9.13. The molecule has 3 N–H and O–H groups in total. The number of rotatable bonds is 8. The van der Waals surface area contributed by atoms with Crippen LogP contribution >= 0.6 is 11.8 Å². The van der Waals surface area contributed by atoms with Crippen LogP contribution in [0.5, 0.6) is 0 Å². The van der Waals surface area contributed by atoms with Gasteiger partial charge in [0.2, 0.25) is 5.91 Å². The van der Waals surface area contributed by atoms with E-state index in [2.05, 4.69) is 25.3 Å². The molecule has 4 aromatic rings. The number of carbonyl (C=O) groups is 1. The Morgan fingerprint density at radius 2 is 1.83 bits per heavy atom. The zero-order chi connectivity index (χ0) is 20.9. The van der Waals surface area contributed by atoms with Crippen LogP contribution in [0.1, 0.15) is 30.5 Å². The van der Waals surface area contributed by atoms with Crippen LogP contribution in [-0.4, -0.2) is 37.9 Å². The molecule has 0 saturated carbocycles. The maximum Gasteiger partial charge on any atom is 0.258 e. The molecular weight excluding hydrogens is 398 g/mol. The second-order valence-corrected chi connectivity index (χ2v) is 8.06. The Labute approximate surface area is 177 Å². The number of hydrogen-bond donors (Lipinski definition) is 3. The molecule has 0 bridgehead atoms. The SMILES string of the molecule is CSCCC(NC(=O)CCc1nc2ccccc2c(=O)[nH]1)c1nc2ccccc2[nH]1. The predicted molar refractivity (Wildman–Crippen MR) is 121 cm³/mol. The molecule has 0 radical (unpaired) electrons. The highest BCUT2D eigenvalue weighted by Crippen LogP contribution is 2.20. The lowest BCUT2D eigenvalue weighted by atomic mass is 10.2. The van der Waals surface area contributed by atoms with Gasteiger partial charge in [-0.2, -0.15) is 11.8 Å². The van der Waals surface area contributed by atoms with Crippen LogP contribution in [0, 0.1) is 0 Å². The summed E-state index contributed by atoms with van der Waals surface area (Å²) in [7, 11) is 0. The molecule has 0 aliphatic carbocycles. The number of H-pyrrole nitrogens is 2. The molecule has 2 aromatic heterocycles. The maximum atomic E-state index is 12.6. The first-order valence-corrected chi connectivity index (χ1v) is 11.2. The summed E-state index contributed by atoms with van der Waals surface area (Å²) in [6, 6.07) is 14.8. The average Bonchev–Trinajstić information content (AvgIpc) is 3.19. The monoisotopic (exact) mass is 421 g/mol. The highest BCUT2D eigenvalue weighted by Gasteiger charge is 2.18. The van der Waals surface area contributed by atoms with E-state index in [0.717, 1.165) is 29.0 Å². The fraction of sp³-hybridized carbons (Fsp3) is 0.273. The van der Waals surface area contributed by atoms with Crippen molar-refractivity contribution in [1.82, 2.24) is 25.3 Å². The average molecular weight is 422 g/mol. The minimum atomic E-state index is -0.194. The van der Waals surface area contributed by atoms with Crippen LogP contribution < -0.4 is 10.9 Å². The van der Waals surface area contributed by atoms with Crippen LogP contribution in [0.3, 0.4) is 0 Å². The summed E-state index contributed by atoms with van der Waals surface area (Å²) in [5, 5.41) is 3.63. The number of aromatic nitrogens is 4. The van der Waals surface area contributed by atoms with Crippen LogP contribution in [0.4, 0.5) is 0 Å². The molecule has 0 saturated heterocycles. The largest absolute Gasteiger partial charge is 0.346 e. The van der Waals surface area contributed by atoms with E-state index in [1.165, 1.54) is 0 Å². The maximum absolute atomic E-state index is 12.6. The smallest absolute Gasteiger partial charge is 0.258 e. The summed E-state index contributed by atoms with van der Waals surface area (Å²) in [6.45, 7) is 0. The first kappa shape index (κ1) is 20.2. The molecular formula is C22H23N5O2S. The van der Waals surface area contributed by atoms with Gasteiger partial charge in [0.05, 0.1) is 28.0 Å². The first-order valence-electron chi connectivity index (χ1n) is 9.85. The molecule has 0 aliphatic heterocycles. The second-order valence-electron chi connectivity index (χ2n) is 7.07. The zero-order valence-electron chi connectivity index (χ0n) is 16.6. The Bertz CT molecular complexity index is 1200. The number of benzene rings is 2. The molecule has 154 valence electrons. The van der Waals surface area contributed by atoms with Gasteiger partial charge in [0.25, 0.3) is 5.56 Å². The number of aromatic amines is 2. The summed E-state index contributed by atoms with van der Waals surface area (Å²) >= 11 is 1.73. The molecule has 1 atom stereocenters. The van der Waals surface area contributed by atoms with Gasteiger partial charge < -0.3 is 15.3 Å². The Morgan fingerprint density at radius 1 is 1.07 bits per heavy atom. The molecule has 0 spiro atoms. The molecule has 2 aromatic carbocycles. The summed E-state index contributed by atoms with van der Waals surface area (Å²) in [5.41, 5.74) is 2.29. The number of imidazole rings is 1. The third-order valence-corrected chi connectivity index (χ3v) is 5.58. The minimum absolute atomic E-state index is 0.0997. The van der Waals surface area contributed by atoms with Crippen LogP contribution in [0.15, 0.2) is 53.3 Å². The van der Waals surface area contributed by atoms with Gasteiger partial charge in [0.1, 0.15) is 11.6 Å². The third-order valence-electron chi connectivity index (χ3n) is 4.93. The number of amides is 1. The number of thioether (sulfide) groups is 1. The molecule has 4 rings (SSSR count). The number of nitrogens with zero attached hydrogens (tertiary/aromatic N) is 2. The summed E-state index contributed by atoms with van der Waals surface area (Å²) < 4.78 is 0. The molecule has 1 unspecified atom stereocenters. The van der Waals surface area contributed by atoms with E-state index in [0.29, 0.717) is 23.1 Å². The van der Waals surface area contributed by atoms with Gasteiger partial charge in [-0.1, -0.05) is 24.3 Å². The number of aryl methyl sites for hydroxylation is 1. The number of para-hydroxylation sites is 3. The van der Waals surface area contributed by atoms with Gasteiger partial charge in [0.15, 0.2) is 0 Å². The van der Waals surface area contributed by atoms with Crippen LogP contribution in [-0.2, 0) is 11.2 Å². The molecule has 7 nitrogen and oxygen atoms in total. The van der Waals surface area contributed by atoms with Gasteiger partial charge in [-0.3, -0.25) is 9.59 Å². The van der Waals surface area contributed by atoms with Crippen molar-refractivity contribution < 1.29 is 4.79 Å². The van der Waals surface area contributed by atoms with Crippen molar-refractivity contribution in [3.63, 3.8) is 0 Å². The van der Waals surface area contributed by atoms with Crippen LogP contribution in [0.2, 0.25) is 0 Å². The van der Waals surface area contributed by atoms with Crippen molar-refractivity contribution >= 4 is 39.6 Å². The molecule has 30 heavy (non-hydrogen) atoms. The van der Waals surface area contributed by atoms with Gasteiger partial charge in [0, 0.05) is 12.8 Å². The normalized spacial score (nSPS) is 12.3. The van der Waals surface area contributed by atoms with Gasteiger partial charge in [-0.05, 0) is 42.7 Å². The highest BCUT2D eigenvalue weighted by molar-refractivity contribution is 7.98. The predicted octanol–water partition coefficient (Wildman–Crippen LogP) is 3.34. The lowest BCUT2D eigenvalue weighted by Gasteiger charge is -2.16. The van der Waals surface area contributed by atoms with Gasteiger partial charge in [-0.15, -0.1) is 0 Å². The molecule has 8 heteroatoms. The van der Waals surface area contributed by atoms with Gasteiger partial charge in [-0.25, -0.2) is 9.97 Å². The van der Waals surface area contributed by atoms with E-state index >= 15 is 0 Å². The lowest BCUT2D eigenvalue weighted by molar-refractivity contribution is -0.121. The van der Waals surface area contributed by atoms with E-state index in [-0.39, 0.29) is 23.9 Å².